The van der Waals surface area contributed by atoms with E-state index < -0.39 is 6.10 Å². The molecule has 0 amide bonds. The highest BCUT2D eigenvalue weighted by molar-refractivity contribution is 6.30. The van der Waals surface area contributed by atoms with Crippen LogP contribution in [0.2, 0.25) is 5.02 Å². The van der Waals surface area contributed by atoms with Crippen molar-refractivity contribution in [3.05, 3.63) is 47.5 Å². The molecule has 0 radical (unpaired) electrons. The molecule has 0 aliphatic carbocycles. The Kier molecular flexibility index (Phi) is 3.52. The van der Waals surface area contributed by atoms with Gasteiger partial charge in [0.15, 0.2) is 0 Å². The second-order valence-corrected chi connectivity index (χ2v) is 3.53. The zero-order valence-corrected chi connectivity index (χ0v) is 8.33. The van der Waals surface area contributed by atoms with Crippen molar-refractivity contribution in [2.75, 3.05) is 0 Å². The van der Waals surface area contributed by atoms with Crippen molar-refractivity contribution in [1.29, 1.82) is 0 Å². The van der Waals surface area contributed by atoms with E-state index in [4.69, 9.17) is 11.6 Å². The third-order valence-electron chi connectivity index (χ3n) is 2.08. The minimum Gasteiger partial charge on any atom is -0.388 e. The number of hydrogen-bond acceptors (Lipinski definition) is 1. The molecule has 1 aromatic carbocycles. The Morgan fingerprint density at radius 1 is 1.38 bits per heavy atom. The van der Waals surface area contributed by atoms with Crippen LogP contribution in [0.5, 0.6) is 0 Å². The van der Waals surface area contributed by atoms with Gasteiger partial charge in [0.25, 0.3) is 0 Å². The molecule has 1 aromatic rings. The average Bonchev–Trinajstić information content (AvgIpc) is 2.17. The molecule has 1 rings (SSSR count). The first kappa shape index (κ1) is 10.3. The Hall–Kier alpha value is -0.790. The Bertz CT molecular complexity index is 279. The molecule has 13 heavy (non-hydrogen) atoms. The Morgan fingerprint density at radius 3 is 2.38 bits per heavy atom. The molecular formula is C11H13ClO. The minimum absolute atomic E-state index is 0.0566. The van der Waals surface area contributed by atoms with Gasteiger partial charge in [-0.1, -0.05) is 36.7 Å². The lowest BCUT2D eigenvalue weighted by Crippen LogP contribution is -2.05. The smallest absolute Gasteiger partial charge is 0.0849 e. The molecule has 0 aliphatic heterocycles. The molecule has 0 saturated heterocycles. The Morgan fingerprint density at radius 2 is 1.92 bits per heavy atom. The number of aliphatic hydroxyl groups excluding tert-OH is 1. The molecule has 0 aliphatic rings. The van der Waals surface area contributed by atoms with Gasteiger partial charge < -0.3 is 5.11 Å². The van der Waals surface area contributed by atoms with E-state index in [2.05, 4.69) is 6.58 Å². The van der Waals surface area contributed by atoms with Crippen molar-refractivity contribution in [1.82, 2.24) is 0 Å². The highest BCUT2D eigenvalue weighted by atomic mass is 35.5. The molecule has 0 aromatic heterocycles. The maximum absolute atomic E-state index is 9.77. The third-order valence-corrected chi connectivity index (χ3v) is 2.33. The first-order valence-electron chi connectivity index (χ1n) is 4.21. The summed E-state index contributed by atoms with van der Waals surface area (Å²) in [5.74, 6) is 0.0566. The summed E-state index contributed by atoms with van der Waals surface area (Å²) in [4.78, 5) is 0. The van der Waals surface area contributed by atoms with Crippen molar-refractivity contribution >= 4 is 11.6 Å². The average molecular weight is 197 g/mol. The number of hydrogen-bond donors (Lipinski definition) is 1. The van der Waals surface area contributed by atoms with Gasteiger partial charge in [-0.3, -0.25) is 0 Å². The van der Waals surface area contributed by atoms with Crippen LogP contribution in [0.15, 0.2) is 36.9 Å². The van der Waals surface area contributed by atoms with E-state index in [1.807, 2.05) is 19.1 Å². The molecule has 1 N–H and O–H groups in total. The van der Waals surface area contributed by atoms with Gasteiger partial charge in [-0.05, 0) is 17.7 Å². The summed E-state index contributed by atoms with van der Waals surface area (Å²) in [6, 6.07) is 7.20. The van der Waals surface area contributed by atoms with Crippen LogP contribution in [0.3, 0.4) is 0 Å². The lowest BCUT2D eigenvalue weighted by Gasteiger charge is -2.15. The van der Waals surface area contributed by atoms with Gasteiger partial charge in [0.1, 0.15) is 0 Å². The zero-order valence-electron chi connectivity index (χ0n) is 7.57. The van der Waals surface area contributed by atoms with Crippen molar-refractivity contribution in [2.24, 2.45) is 5.92 Å². The highest BCUT2D eigenvalue weighted by Crippen LogP contribution is 2.23. The molecular weight excluding hydrogens is 184 g/mol. The van der Waals surface area contributed by atoms with Gasteiger partial charge in [0.05, 0.1) is 6.10 Å². The van der Waals surface area contributed by atoms with Crippen molar-refractivity contribution in [3.63, 3.8) is 0 Å². The van der Waals surface area contributed by atoms with Crippen molar-refractivity contribution in [2.45, 2.75) is 13.0 Å². The molecule has 2 unspecified atom stereocenters. The van der Waals surface area contributed by atoms with E-state index in [9.17, 15) is 5.11 Å². The van der Waals surface area contributed by atoms with Crippen LogP contribution < -0.4 is 0 Å². The standard InChI is InChI=1S/C11H13ClO/c1-3-8(2)11(13)9-4-6-10(12)7-5-9/h3-8,11,13H,1H2,2H3. The number of benzene rings is 1. The quantitative estimate of drug-likeness (QED) is 0.737. The summed E-state index contributed by atoms with van der Waals surface area (Å²) in [6.45, 7) is 5.56. The van der Waals surface area contributed by atoms with Crippen molar-refractivity contribution < 1.29 is 5.11 Å². The summed E-state index contributed by atoms with van der Waals surface area (Å²) in [6.07, 6.45) is 1.24. The Balaban J connectivity index is 2.82. The fraction of sp³-hybridized carbons (Fsp3) is 0.273. The summed E-state index contributed by atoms with van der Waals surface area (Å²) >= 11 is 5.73. The van der Waals surface area contributed by atoms with E-state index in [1.54, 1.807) is 18.2 Å². The molecule has 0 heterocycles. The van der Waals surface area contributed by atoms with Crippen LogP contribution in [-0.2, 0) is 0 Å². The largest absolute Gasteiger partial charge is 0.388 e. The van der Waals surface area contributed by atoms with Crippen LogP contribution in [0.1, 0.15) is 18.6 Å². The number of halogens is 1. The maximum atomic E-state index is 9.77. The fourth-order valence-electron chi connectivity index (χ4n) is 1.09. The highest BCUT2D eigenvalue weighted by Gasteiger charge is 2.12. The van der Waals surface area contributed by atoms with Gasteiger partial charge in [-0.25, -0.2) is 0 Å². The fourth-order valence-corrected chi connectivity index (χ4v) is 1.22. The molecule has 0 spiro atoms. The lowest BCUT2D eigenvalue weighted by atomic mass is 9.98. The van der Waals surface area contributed by atoms with E-state index in [0.29, 0.717) is 5.02 Å². The van der Waals surface area contributed by atoms with E-state index in [-0.39, 0.29) is 5.92 Å². The SMILES string of the molecule is C=CC(C)C(O)c1ccc(Cl)cc1. The van der Waals surface area contributed by atoms with Gasteiger partial charge in [0, 0.05) is 10.9 Å². The predicted octanol–water partition coefficient (Wildman–Crippen LogP) is 3.20. The topological polar surface area (TPSA) is 20.2 Å². The van der Waals surface area contributed by atoms with Crippen LogP contribution in [-0.4, -0.2) is 5.11 Å². The predicted molar refractivity (Wildman–Crippen MR) is 55.8 cm³/mol. The summed E-state index contributed by atoms with van der Waals surface area (Å²) < 4.78 is 0. The van der Waals surface area contributed by atoms with E-state index in [0.717, 1.165) is 5.56 Å². The molecule has 0 fully saturated rings. The van der Waals surface area contributed by atoms with Gasteiger partial charge >= 0.3 is 0 Å². The van der Waals surface area contributed by atoms with Gasteiger partial charge in [-0.2, -0.15) is 0 Å². The van der Waals surface area contributed by atoms with Crippen LogP contribution >= 0.6 is 11.6 Å². The van der Waals surface area contributed by atoms with Crippen LogP contribution in [0, 0.1) is 5.92 Å². The van der Waals surface area contributed by atoms with Gasteiger partial charge in [0.2, 0.25) is 0 Å². The monoisotopic (exact) mass is 196 g/mol. The normalized spacial score (nSPS) is 15.0. The third kappa shape index (κ3) is 2.58. The lowest BCUT2D eigenvalue weighted by molar-refractivity contribution is 0.140. The molecule has 2 atom stereocenters. The first-order chi connectivity index (χ1) is 6.15. The van der Waals surface area contributed by atoms with Gasteiger partial charge in [-0.15, -0.1) is 6.58 Å². The zero-order chi connectivity index (χ0) is 9.84. The summed E-state index contributed by atoms with van der Waals surface area (Å²) in [5.41, 5.74) is 0.872. The first-order valence-corrected chi connectivity index (χ1v) is 4.59. The summed E-state index contributed by atoms with van der Waals surface area (Å²) in [5, 5.41) is 10.4. The second-order valence-electron chi connectivity index (χ2n) is 3.09. The summed E-state index contributed by atoms with van der Waals surface area (Å²) in [7, 11) is 0. The molecule has 70 valence electrons. The van der Waals surface area contributed by atoms with Crippen molar-refractivity contribution in [3.8, 4) is 0 Å². The molecule has 0 bridgehead atoms. The van der Waals surface area contributed by atoms with E-state index >= 15 is 0 Å². The number of aliphatic hydroxyl groups is 1. The maximum Gasteiger partial charge on any atom is 0.0849 e. The van der Waals surface area contributed by atoms with Crippen LogP contribution in [0.4, 0.5) is 0 Å². The molecule has 2 heteroatoms. The molecule has 1 nitrogen and oxygen atoms in total. The molecule has 0 saturated carbocycles. The minimum atomic E-state index is -0.491. The number of rotatable bonds is 3. The van der Waals surface area contributed by atoms with E-state index in [1.165, 1.54) is 0 Å². The Labute approximate surface area is 83.7 Å². The second kappa shape index (κ2) is 4.45. The van der Waals surface area contributed by atoms with Crippen LogP contribution in [0.25, 0.3) is 0 Å².